The Morgan fingerprint density at radius 2 is 1.82 bits per heavy atom. The maximum absolute atomic E-state index is 13.6. The summed E-state index contributed by atoms with van der Waals surface area (Å²) in [6.07, 6.45) is -1.06. The van der Waals surface area contributed by atoms with Gasteiger partial charge in [-0.3, -0.25) is 9.69 Å². The van der Waals surface area contributed by atoms with E-state index in [1.54, 1.807) is 18.2 Å². The van der Waals surface area contributed by atoms with E-state index in [-0.39, 0.29) is 5.69 Å². The first-order valence-corrected chi connectivity index (χ1v) is 9.18. The number of nitrogens with one attached hydrogen (secondary N) is 1. The molecule has 1 atom stereocenters. The van der Waals surface area contributed by atoms with Crippen LogP contribution in [0.25, 0.3) is 0 Å². The van der Waals surface area contributed by atoms with E-state index in [0.717, 1.165) is 38.4 Å². The lowest BCUT2D eigenvalue weighted by atomic mass is 10.1. The second kappa shape index (κ2) is 9.43. The van der Waals surface area contributed by atoms with Crippen molar-refractivity contribution in [2.24, 2.45) is 0 Å². The smallest absolute Gasteiger partial charge is 0.338 e. The number of para-hydroxylation sites is 1. The van der Waals surface area contributed by atoms with Gasteiger partial charge in [0.1, 0.15) is 5.82 Å². The lowest BCUT2D eigenvalue weighted by Gasteiger charge is -2.26. The lowest BCUT2D eigenvalue weighted by Crippen LogP contribution is -2.35. The van der Waals surface area contributed by atoms with Crippen molar-refractivity contribution in [3.63, 3.8) is 0 Å². The van der Waals surface area contributed by atoms with Crippen LogP contribution in [0.5, 0.6) is 0 Å². The molecule has 0 bridgehead atoms. The summed E-state index contributed by atoms with van der Waals surface area (Å²) >= 11 is 0. The number of morpholine rings is 1. The first-order chi connectivity index (χ1) is 13.5. The van der Waals surface area contributed by atoms with Crippen LogP contribution >= 0.6 is 0 Å². The Bertz CT molecular complexity index is 819. The van der Waals surface area contributed by atoms with E-state index >= 15 is 0 Å². The molecule has 2 aromatic rings. The van der Waals surface area contributed by atoms with Crippen molar-refractivity contribution < 1.29 is 23.5 Å². The van der Waals surface area contributed by atoms with Crippen LogP contribution in [0.3, 0.4) is 0 Å². The molecule has 1 aliphatic heterocycles. The highest BCUT2D eigenvalue weighted by Crippen LogP contribution is 2.14. The Balaban J connectivity index is 1.53. The van der Waals surface area contributed by atoms with Crippen molar-refractivity contribution in [3.05, 3.63) is 65.5 Å². The molecule has 1 N–H and O–H groups in total. The number of hydrogen-bond donors (Lipinski definition) is 1. The fourth-order valence-corrected chi connectivity index (χ4v) is 2.84. The van der Waals surface area contributed by atoms with Gasteiger partial charge in [-0.05, 0) is 36.8 Å². The summed E-state index contributed by atoms with van der Waals surface area (Å²) in [7, 11) is 0. The standard InChI is InChI=1S/C21H23FN2O4/c1-15(20(25)23-19-5-3-2-4-18(19)22)28-21(26)17-8-6-16(7-9-17)14-24-10-12-27-13-11-24/h2-9,15H,10-14H2,1H3,(H,23,25)/t15-/m0/s1. The molecule has 2 aromatic carbocycles. The molecule has 1 saturated heterocycles. The van der Waals surface area contributed by atoms with Gasteiger partial charge in [0.25, 0.3) is 5.91 Å². The number of rotatable bonds is 6. The molecule has 1 aliphatic rings. The van der Waals surface area contributed by atoms with E-state index in [1.807, 2.05) is 12.1 Å². The van der Waals surface area contributed by atoms with Gasteiger partial charge in [-0.15, -0.1) is 0 Å². The van der Waals surface area contributed by atoms with E-state index < -0.39 is 23.8 Å². The molecular weight excluding hydrogens is 363 g/mol. The van der Waals surface area contributed by atoms with E-state index in [9.17, 15) is 14.0 Å². The van der Waals surface area contributed by atoms with Crippen LogP contribution in [-0.2, 0) is 20.8 Å². The van der Waals surface area contributed by atoms with Gasteiger partial charge in [-0.1, -0.05) is 24.3 Å². The second-order valence-corrected chi connectivity index (χ2v) is 6.60. The van der Waals surface area contributed by atoms with E-state index in [4.69, 9.17) is 9.47 Å². The highest BCUT2D eigenvalue weighted by atomic mass is 19.1. The number of carbonyl (C=O) groups excluding carboxylic acids is 2. The summed E-state index contributed by atoms with van der Waals surface area (Å²) in [5.41, 5.74) is 1.49. The zero-order valence-electron chi connectivity index (χ0n) is 15.7. The molecule has 0 spiro atoms. The highest BCUT2D eigenvalue weighted by molar-refractivity contribution is 5.97. The summed E-state index contributed by atoms with van der Waals surface area (Å²) in [5, 5.41) is 2.41. The highest BCUT2D eigenvalue weighted by Gasteiger charge is 2.20. The summed E-state index contributed by atoms with van der Waals surface area (Å²) in [5.74, 6) is -1.75. The summed E-state index contributed by atoms with van der Waals surface area (Å²) < 4.78 is 24.1. The van der Waals surface area contributed by atoms with Gasteiger partial charge in [0, 0.05) is 19.6 Å². The molecule has 3 rings (SSSR count). The molecule has 148 valence electrons. The Morgan fingerprint density at radius 1 is 1.14 bits per heavy atom. The van der Waals surface area contributed by atoms with Gasteiger partial charge in [-0.2, -0.15) is 0 Å². The number of carbonyl (C=O) groups is 2. The number of benzene rings is 2. The minimum Gasteiger partial charge on any atom is -0.449 e. The van der Waals surface area contributed by atoms with Crippen LogP contribution < -0.4 is 5.32 Å². The number of anilines is 1. The average molecular weight is 386 g/mol. The first kappa shape index (κ1) is 20.0. The SMILES string of the molecule is C[C@H](OC(=O)c1ccc(CN2CCOCC2)cc1)C(=O)Nc1ccccc1F. The molecule has 1 amide bonds. The molecule has 1 fully saturated rings. The maximum Gasteiger partial charge on any atom is 0.338 e. The van der Waals surface area contributed by atoms with Gasteiger partial charge in [0.2, 0.25) is 0 Å². The zero-order chi connectivity index (χ0) is 19.9. The maximum atomic E-state index is 13.6. The average Bonchev–Trinajstić information content (AvgIpc) is 2.71. The van der Waals surface area contributed by atoms with E-state index in [0.29, 0.717) is 5.56 Å². The zero-order valence-corrected chi connectivity index (χ0v) is 15.7. The van der Waals surface area contributed by atoms with Crippen LogP contribution in [0.1, 0.15) is 22.8 Å². The molecule has 7 heteroatoms. The van der Waals surface area contributed by atoms with E-state index in [2.05, 4.69) is 10.2 Å². The second-order valence-electron chi connectivity index (χ2n) is 6.60. The monoisotopic (exact) mass is 386 g/mol. The van der Waals surface area contributed by atoms with Crippen molar-refractivity contribution in [2.75, 3.05) is 31.6 Å². The minimum absolute atomic E-state index is 0.0443. The molecule has 0 radical (unpaired) electrons. The van der Waals surface area contributed by atoms with Gasteiger partial charge in [0.05, 0.1) is 24.5 Å². The van der Waals surface area contributed by atoms with Crippen LogP contribution in [0.15, 0.2) is 48.5 Å². The van der Waals surface area contributed by atoms with Crippen molar-refractivity contribution in [3.8, 4) is 0 Å². The van der Waals surface area contributed by atoms with Crippen LogP contribution in [0.2, 0.25) is 0 Å². The predicted octanol–water partition coefficient (Wildman–Crippen LogP) is 2.84. The third-order valence-corrected chi connectivity index (χ3v) is 4.48. The van der Waals surface area contributed by atoms with Gasteiger partial charge >= 0.3 is 5.97 Å². The lowest BCUT2D eigenvalue weighted by molar-refractivity contribution is -0.123. The number of ether oxygens (including phenoxy) is 2. The summed E-state index contributed by atoms with van der Waals surface area (Å²) in [6.45, 7) is 5.48. The Hall–Kier alpha value is -2.77. The van der Waals surface area contributed by atoms with Gasteiger partial charge in [-0.25, -0.2) is 9.18 Å². The Morgan fingerprint density at radius 3 is 2.50 bits per heavy atom. The Kier molecular flexibility index (Phi) is 6.73. The van der Waals surface area contributed by atoms with Crippen molar-refractivity contribution >= 4 is 17.6 Å². The Labute approximate surface area is 163 Å². The van der Waals surface area contributed by atoms with Crippen LogP contribution in [-0.4, -0.2) is 49.2 Å². The molecule has 0 aliphatic carbocycles. The largest absolute Gasteiger partial charge is 0.449 e. The van der Waals surface area contributed by atoms with Crippen LogP contribution in [0, 0.1) is 5.82 Å². The number of nitrogens with zero attached hydrogens (tertiary/aromatic N) is 1. The van der Waals surface area contributed by atoms with Crippen LogP contribution in [0.4, 0.5) is 10.1 Å². The minimum atomic E-state index is -1.06. The van der Waals surface area contributed by atoms with Crippen molar-refractivity contribution in [2.45, 2.75) is 19.6 Å². The quantitative estimate of drug-likeness (QED) is 0.774. The molecule has 1 heterocycles. The molecule has 0 unspecified atom stereocenters. The van der Waals surface area contributed by atoms with Crippen molar-refractivity contribution in [1.82, 2.24) is 4.90 Å². The normalized spacial score (nSPS) is 15.6. The molecule has 6 nitrogen and oxygen atoms in total. The third-order valence-electron chi connectivity index (χ3n) is 4.48. The molecule has 0 saturated carbocycles. The summed E-state index contributed by atoms with van der Waals surface area (Å²) in [6, 6.07) is 12.9. The number of hydrogen-bond acceptors (Lipinski definition) is 5. The summed E-state index contributed by atoms with van der Waals surface area (Å²) in [4.78, 5) is 26.7. The van der Waals surface area contributed by atoms with Gasteiger partial charge < -0.3 is 14.8 Å². The fourth-order valence-electron chi connectivity index (χ4n) is 2.84. The third kappa shape index (κ3) is 5.37. The number of esters is 1. The van der Waals surface area contributed by atoms with Crippen molar-refractivity contribution in [1.29, 1.82) is 0 Å². The molecule has 28 heavy (non-hydrogen) atoms. The first-order valence-electron chi connectivity index (χ1n) is 9.18. The molecular formula is C21H23FN2O4. The molecule has 0 aromatic heterocycles. The van der Waals surface area contributed by atoms with Gasteiger partial charge in [0.15, 0.2) is 6.10 Å². The topological polar surface area (TPSA) is 67.9 Å². The fraction of sp³-hybridized carbons (Fsp3) is 0.333. The number of amides is 1. The van der Waals surface area contributed by atoms with E-state index in [1.165, 1.54) is 25.1 Å². The number of halogens is 1. The predicted molar refractivity (Wildman–Crippen MR) is 102 cm³/mol.